The predicted molar refractivity (Wildman–Crippen MR) is 89.1 cm³/mol. The van der Waals surface area contributed by atoms with Gasteiger partial charge in [-0.25, -0.2) is 0 Å². The molecule has 2 aliphatic rings. The third-order valence-electron chi connectivity index (χ3n) is 4.86. The number of hydrogen-bond donors (Lipinski definition) is 0. The summed E-state index contributed by atoms with van der Waals surface area (Å²) in [6, 6.07) is 18.0. The van der Waals surface area contributed by atoms with Crippen molar-refractivity contribution in [2.24, 2.45) is 5.92 Å². The van der Waals surface area contributed by atoms with Gasteiger partial charge in [0.15, 0.2) is 0 Å². The van der Waals surface area contributed by atoms with E-state index in [4.69, 9.17) is 0 Å². The van der Waals surface area contributed by atoms with Gasteiger partial charge in [-0.2, -0.15) is 0 Å². The van der Waals surface area contributed by atoms with Gasteiger partial charge in [0.05, 0.1) is 0 Å². The van der Waals surface area contributed by atoms with Crippen LogP contribution in [0.2, 0.25) is 0 Å². The van der Waals surface area contributed by atoms with Crippen LogP contribution in [-0.4, -0.2) is 25.0 Å². The first-order valence-corrected chi connectivity index (χ1v) is 8.69. The van der Waals surface area contributed by atoms with Gasteiger partial charge in [0.1, 0.15) is 0 Å². The lowest BCUT2D eigenvalue weighted by molar-refractivity contribution is 0.195. The van der Waals surface area contributed by atoms with E-state index in [1.807, 2.05) is 11.8 Å². The summed E-state index contributed by atoms with van der Waals surface area (Å²) in [5, 5.41) is 0. The van der Waals surface area contributed by atoms with E-state index in [0.29, 0.717) is 5.92 Å². The molecule has 2 heteroatoms. The van der Waals surface area contributed by atoms with Crippen LogP contribution in [-0.2, 0) is 0 Å². The van der Waals surface area contributed by atoms with Crippen molar-refractivity contribution in [2.75, 3.05) is 20.1 Å². The first kappa shape index (κ1) is 13.4. The highest BCUT2D eigenvalue weighted by atomic mass is 32.2. The molecule has 2 heterocycles. The second kappa shape index (κ2) is 5.51. The molecule has 108 valence electrons. The molecule has 0 N–H and O–H groups in total. The summed E-state index contributed by atoms with van der Waals surface area (Å²) in [6.45, 7) is 2.47. The van der Waals surface area contributed by atoms with Gasteiger partial charge in [-0.3, -0.25) is 0 Å². The first-order chi connectivity index (χ1) is 10.3. The van der Waals surface area contributed by atoms with Crippen LogP contribution in [0.3, 0.4) is 0 Å². The van der Waals surface area contributed by atoms with E-state index >= 15 is 0 Å². The average Bonchev–Trinajstić information content (AvgIpc) is 2.52. The Hall–Kier alpha value is -1.25. The molecular weight excluding hydrogens is 274 g/mol. The molecule has 0 spiro atoms. The quantitative estimate of drug-likeness (QED) is 0.755. The van der Waals surface area contributed by atoms with E-state index in [9.17, 15) is 0 Å². The Kier molecular flexibility index (Phi) is 3.52. The fourth-order valence-corrected chi connectivity index (χ4v) is 5.09. The molecule has 1 saturated heterocycles. The van der Waals surface area contributed by atoms with Crippen molar-refractivity contribution >= 4 is 11.8 Å². The molecule has 0 aromatic heterocycles. The van der Waals surface area contributed by atoms with E-state index in [-0.39, 0.29) is 0 Å². The number of rotatable bonds is 1. The summed E-state index contributed by atoms with van der Waals surface area (Å²) < 4.78 is 0. The lowest BCUT2D eigenvalue weighted by atomic mass is 9.76. The second-order valence-electron chi connectivity index (χ2n) is 6.32. The standard InChI is InChI=1S/C19H21NS/c1-20-12-6-7-14(13-20)19-15-8-2-4-10-17(15)21-18-11-5-3-9-16(18)19/h2-5,8-11,14,19H,6-7,12-13H2,1H3. The number of benzene rings is 2. The maximum Gasteiger partial charge on any atom is 0.0160 e. The van der Waals surface area contributed by atoms with E-state index in [1.165, 1.54) is 35.7 Å². The number of likely N-dealkylation sites (tertiary alicyclic amines) is 1. The smallest absolute Gasteiger partial charge is 0.0160 e. The number of piperidine rings is 1. The van der Waals surface area contributed by atoms with Crippen molar-refractivity contribution in [3.8, 4) is 0 Å². The summed E-state index contributed by atoms with van der Waals surface area (Å²) in [6.07, 6.45) is 2.68. The van der Waals surface area contributed by atoms with E-state index in [1.54, 1.807) is 11.1 Å². The minimum absolute atomic E-state index is 0.571. The van der Waals surface area contributed by atoms with Crippen LogP contribution in [0.1, 0.15) is 29.9 Å². The lowest BCUT2D eigenvalue weighted by Gasteiger charge is -2.38. The summed E-state index contributed by atoms with van der Waals surface area (Å²) in [7, 11) is 2.27. The van der Waals surface area contributed by atoms with Gasteiger partial charge < -0.3 is 4.90 Å². The van der Waals surface area contributed by atoms with Crippen molar-refractivity contribution in [1.82, 2.24) is 4.90 Å². The zero-order chi connectivity index (χ0) is 14.2. The summed E-state index contributed by atoms with van der Waals surface area (Å²) >= 11 is 1.94. The zero-order valence-electron chi connectivity index (χ0n) is 12.5. The Labute approximate surface area is 131 Å². The molecule has 0 aliphatic carbocycles. The Morgan fingerprint density at radius 3 is 2.19 bits per heavy atom. The van der Waals surface area contributed by atoms with Crippen LogP contribution >= 0.6 is 11.8 Å². The van der Waals surface area contributed by atoms with Gasteiger partial charge in [-0.1, -0.05) is 48.2 Å². The summed E-state index contributed by atoms with van der Waals surface area (Å²) in [5.74, 6) is 1.31. The van der Waals surface area contributed by atoms with Crippen LogP contribution < -0.4 is 0 Å². The van der Waals surface area contributed by atoms with Crippen molar-refractivity contribution in [3.05, 3.63) is 59.7 Å². The highest BCUT2D eigenvalue weighted by molar-refractivity contribution is 7.99. The highest BCUT2D eigenvalue weighted by Crippen LogP contribution is 2.49. The molecule has 1 fully saturated rings. The van der Waals surface area contributed by atoms with Crippen molar-refractivity contribution < 1.29 is 0 Å². The zero-order valence-corrected chi connectivity index (χ0v) is 13.3. The molecule has 0 radical (unpaired) electrons. The van der Waals surface area contributed by atoms with Crippen molar-refractivity contribution in [1.29, 1.82) is 0 Å². The van der Waals surface area contributed by atoms with E-state index in [2.05, 4.69) is 60.5 Å². The minimum atomic E-state index is 0.571. The third-order valence-corrected chi connectivity index (χ3v) is 6.04. The molecule has 0 bridgehead atoms. The van der Waals surface area contributed by atoms with Crippen molar-refractivity contribution in [2.45, 2.75) is 28.6 Å². The molecule has 2 aromatic carbocycles. The fourth-order valence-electron chi connectivity index (χ4n) is 3.93. The Balaban J connectivity index is 1.81. The Morgan fingerprint density at radius 1 is 0.952 bits per heavy atom. The third kappa shape index (κ3) is 2.41. The molecule has 1 nitrogen and oxygen atoms in total. The Bertz CT molecular complexity index is 606. The molecule has 2 aliphatic heterocycles. The number of nitrogens with zero attached hydrogens (tertiary/aromatic N) is 1. The largest absolute Gasteiger partial charge is 0.306 e. The van der Waals surface area contributed by atoms with Crippen LogP contribution in [0, 0.1) is 5.92 Å². The number of hydrogen-bond acceptors (Lipinski definition) is 2. The highest BCUT2D eigenvalue weighted by Gasteiger charge is 2.33. The van der Waals surface area contributed by atoms with E-state index in [0.717, 1.165) is 5.92 Å². The van der Waals surface area contributed by atoms with Crippen LogP contribution in [0.4, 0.5) is 0 Å². The monoisotopic (exact) mass is 295 g/mol. The maximum absolute atomic E-state index is 2.50. The average molecular weight is 295 g/mol. The van der Waals surface area contributed by atoms with Crippen LogP contribution in [0.5, 0.6) is 0 Å². The van der Waals surface area contributed by atoms with E-state index < -0.39 is 0 Å². The normalized spacial score (nSPS) is 22.6. The number of fused-ring (bicyclic) bond motifs is 2. The van der Waals surface area contributed by atoms with Crippen LogP contribution in [0.15, 0.2) is 58.3 Å². The topological polar surface area (TPSA) is 3.24 Å². The minimum Gasteiger partial charge on any atom is -0.306 e. The van der Waals surface area contributed by atoms with Gasteiger partial charge in [-0.15, -0.1) is 0 Å². The van der Waals surface area contributed by atoms with Gasteiger partial charge in [-0.05, 0) is 55.6 Å². The molecule has 2 aromatic rings. The summed E-state index contributed by atoms with van der Waals surface area (Å²) in [5.41, 5.74) is 3.09. The Morgan fingerprint density at radius 2 is 1.57 bits per heavy atom. The summed E-state index contributed by atoms with van der Waals surface area (Å²) in [4.78, 5) is 5.41. The second-order valence-corrected chi connectivity index (χ2v) is 7.40. The van der Waals surface area contributed by atoms with Gasteiger partial charge in [0, 0.05) is 22.3 Å². The van der Waals surface area contributed by atoms with Gasteiger partial charge in [0.25, 0.3) is 0 Å². The molecule has 0 amide bonds. The predicted octanol–water partition coefficient (Wildman–Crippen LogP) is 4.62. The van der Waals surface area contributed by atoms with Crippen molar-refractivity contribution in [3.63, 3.8) is 0 Å². The maximum atomic E-state index is 2.50. The first-order valence-electron chi connectivity index (χ1n) is 7.87. The SMILES string of the molecule is CN1CCCC(C2c3ccccc3Sc3ccccc32)C1. The van der Waals surface area contributed by atoms with Crippen LogP contribution in [0.25, 0.3) is 0 Å². The van der Waals surface area contributed by atoms with Gasteiger partial charge >= 0.3 is 0 Å². The molecule has 1 atom stereocenters. The molecule has 21 heavy (non-hydrogen) atoms. The van der Waals surface area contributed by atoms with Gasteiger partial charge in [0.2, 0.25) is 0 Å². The molecule has 4 rings (SSSR count). The molecule has 1 unspecified atom stereocenters. The fraction of sp³-hybridized carbons (Fsp3) is 0.368. The molecule has 0 saturated carbocycles. The molecular formula is C19H21NS. The lowest BCUT2D eigenvalue weighted by Crippen LogP contribution is -2.36.